The maximum absolute atomic E-state index is 15.2. The molecule has 1 amide bonds. The summed E-state index contributed by atoms with van der Waals surface area (Å²) in [4.78, 5) is 29.6. The molecule has 0 saturated carbocycles. The molecule has 0 fully saturated rings. The summed E-state index contributed by atoms with van der Waals surface area (Å²) in [7, 11) is 0. The summed E-state index contributed by atoms with van der Waals surface area (Å²) in [6.45, 7) is 2.77. The Bertz CT molecular complexity index is 1330. The lowest BCUT2D eigenvalue weighted by Gasteiger charge is -2.20. The van der Waals surface area contributed by atoms with Gasteiger partial charge in [0.25, 0.3) is 5.91 Å². The van der Waals surface area contributed by atoms with Crippen LogP contribution >= 0.6 is 11.6 Å². The Labute approximate surface area is 201 Å². The number of halogens is 5. The number of ether oxygens (including phenoxy) is 1. The number of pyridine rings is 1. The van der Waals surface area contributed by atoms with E-state index >= 15 is 4.39 Å². The van der Waals surface area contributed by atoms with Crippen LogP contribution in [0.3, 0.4) is 0 Å². The number of benzene rings is 1. The van der Waals surface area contributed by atoms with E-state index in [-0.39, 0.29) is 10.8 Å². The molecule has 3 heterocycles. The number of aromatic nitrogens is 4. The molecule has 1 aliphatic heterocycles. The van der Waals surface area contributed by atoms with Crippen molar-refractivity contribution in [2.45, 2.75) is 51.9 Å². The maximum Gasteiger partial charge on any atom is 0.425 e. The topological polar surface area (TPSA) is 91.0 Å². The number of nitrogens with one attached hydrogen (secondary N) is 1. The van der Waals surface area contributed by atoms with Crippen LogP contribution in [0.4, 0.5) is 23.2 Å². The first-order valence-electron chi connectivity index (χ1n) is 10.7. The van der Waals surface area contributed by atoms with Gasteiger partial charge < -0.3 is 10.1 Å². The van der Waals surface area contributed by atoms with Crippen LogP contribution in [0, 0.1) is 12.7 Å². The van der Waals surface area contributed by atoms with Gasteiger partial charge in [-0.15, -0.1) is 5.10 Å². The Morgan fingerprint density at radius 3 is 2.69 bits per heavy atom. The SMILES string of the molecule is Cc1ccnc(Cl)c1NC(=O)c1cc(F)c(-n2nc3n(c2=O)CCCC3)cc1O[C@@H](C)C(F)(F)F. The second-order valence-electron chi connectivity index (χ2n) is 8.07. The van der Waals surface area contributed by atoms with E-state index in [1.54, 1.807) is 13.0 Å². The molecule has 0 saturated heterocycles. The Hall–Kier alpha value is -3.41. The fraction of sp³-hybridized carbons (Fsp3) is 0.364. The summed E-state index contributed by atoms with van der Waals surface area (Å²) in [5.74, 6) is -2.17. The zero-order valence-corrected chi connectivity index (χ0v) is 19.4. The van der Waals surface area contributed by atoms with E-state index in [0.717, 1.165) is 30.5 Å². The molecule has 3 aromatic rings. The van der Waals surface area contributed by atoms with E-state index in [1.807, 2.05) is 0 Å². The molecule has 35 heavy (non-hydrogen) atoms. The van der Waals surface area contributed by atoms with Gasteiger partial charge in [-0.2, -0.15) is 17.9 Å². The second kappa shape index (κ2) is 9.33. The standard InChI is InChI=1S/C22H20ClF4N5O3/c1-11-6-7-28-19(23)18(11)29-20(33)13-9-14(24)15(10-16(13)35-12(2)22(25,26)27)32-21(34)31-8-4-3-5-17(31)30-32/h6-7,9-10,12H,3-5,8H2,1-2H3,(H,29,33)/t12-/m0/s1. The highest BCUT2D eigenvalue weighted by atomic mass is 35.5. The largest absolute Gasteiger partial charge is 0.480 e. The lowest BCUT2D eigenvalue weighted by atomic mass is 10.1. The number of carbonyl (C=O) groups excluding carboxylic acids is 1. The maximum atomic E-state index is 15.2. The number of hydrogen-bond acceptors (Lipinski definition) is 5. The van der Waals surface area contributed by atoms with Gasteiger partial charge in [0.15, 0.2) is 11.3 Å². The molecule has 0 aliphatic carbocycles. The van der Waals surface area contributed by atoms with Gasteiger partial charge in [0.2, 0.25) is 0 Å². The van der Waals surface area contributed by atoms with Gasteiger partial charge in [-0.25, -0.2) is 14.2 Å². The average molecular weight is 514 g/mol. The number of hydrogen-bond donors (Lipinski definition) is 1. The summed E-state index contributed by atoms with van der Waals surface area (Å²) >= 11 is 6.02. The van der Waals surface area contributed by atoms with Gasteiger partial charge >= 0.3 is 11.9 Å². The quantitative estimate of drug-likeness (QED) is 0.402. The molecule has 0 bridgehead atoms. The van der Waals surface area contributed by atoms with Crippen molar-refractivity contribution in [3.63, 3.8) is 0 Å². The Balaban J connectivity index is 1.81. The number of aryl methyl sites for hydroxylation is 2. The Morgan fingerprint density at radius 2 is 2.03 bits per heavy atom. The number of amides is 1. The van der Waals surface area contributed by atoms with Crippen molar-refractivity contribution in [1.29, 1.82) is 0 Å². The van der Waals surface area contributed by atoms with Gasteiger partial charge in [0, 0.05) is 25.2 Å². The number of fused-ring (bicyclic) bond motifs is 1. The second-order valence-corrected chi connectivity index (χ2v) is 8.43. The molecular formula is C22H20ClF4N5O3. The van der Waals surface area contributed by atoms with Gasteiger partial charge in [-0.05, 0) is 44.4 Å². The predicted molar refractivity (Wildman–Crippen MR) is 119 cm³/mol. The van der Waals surface area contributed by atoms with E-state index in [2.05, 4.69) is 15.4 Å². The lowest BCUT2D eigenvalue weighted by molar-refractivity contribution is -0.189. The lowest BCUT2D eigenvalue weighted by Crippen LogP contribution is -2.32. The van der Waals surface area contributed by atoms with Crippen molar-refractivity contribution in [3.8, 4) is 11.4 Å². The van der Waals surface area contributed by atoms with Gasteiger partial charge in [-0.3, -0.25) is 9.36 Å². The molecule has 1 atom stereocenters. The van der Waals surface area contributed by atoms with Crippen LogP contribution in [-0.2, 0) is 13.0 Å². The number of alkyl halides is 3. The van der Waals surface area contributed by atoms with Crippen LogP contribution in [0.1, 0.15) is 41.5 Å². The van der Waals surface area contributed by atoms with Crippen LogP contribution in [0.5, 0.6) is 5.75 Å². The Morgan fingerprint density at radius 1 is 1.29 bits per heavy atom. The summed E-state index contributed by atoms with van der Waals surface area (Å²) in [5.41, 5.74) is -0.969. The third-order valence-electron chi connectivity index (χ3n) is 5.61. The van der Waals surface area contributed by atoms with Crippen LogP contribution in [0.25, 0.3) is 5.69 Å². The summed E-state index contributed by atoms with van der Waals surface area (Å²) in [6, 6.07) is 3.12. The molecule has 1 aliphatic rings. The molecular weight excluding hydrogens is 494 g/mol. The van der Waals surface area contributed by atoms with Crippen molar-refractivity contribution < 1.29 is 27.1 Å². The first-order chi connectivity index (χ1) is 16.5. The smallest absolute Gasteiger partial charge is 0.425 e. The van der Waals surface area contributed by atoms with Crippen LogP contribution in [0.2, 0.25) is 5.15 Å². The molecule has 2 aromatic heterocycles. The molecule has 8 nitrogen and oxygen atoms in total. The van der Waals surface area contributed by atoms with Crippen molar-refractivity contribution in [2.24, 2.45) is 0 Å². The molecule has 13 heteroatoms. The third-order valence-corrected chi connectivity index (χ3v) is 5.90. The number of rotatable bonds is 5. The highest BCUT2D eigenvalue weighted by Gasteiger charge is 2.39. The van der Waals surface area contributed by atoms with E-state index < -0.39 is 46.7 Å². The Kier molecular flexibility index (Phi) is 6.58. The normalized spacial score (nSPS) is 14.4. The van der Waals surface area contributed by atoms with E-state index in [4.69, 9.17) is 16.3 Å². The van der Waals surface area contributed by atoms with E-state index in [9.17, 15) is 22.8 Å². The fourth-order valence-corrected chi connectivity index (χ4v) is 3.90. The molecule has 4 rings (SSSR count). The number of anilines is 1. The zero-order chi connectivity index (χ0) is 25.5. The van der Waals surface area contributed by atoms with Gasteiger partial charge in [0.05, 0.1) is 11.3 Å². The molecule has 0 radical (unpaired) electrons. The number of nitrogens with zero attached hydrogens (tertiary/aromatic N) is 4. The number of carbonyl (C=O) groups is 1. The van der Waals surface area contributed by atoms with Crippen molar-refractivity contribution in [2.75, 3.05) is 5.32 Å². The van der Waals surface area contributed by atoms with Gasteiger partial charge in [-0.1, -0.05) is 11.6 Å². The van der Waals surface area contributed by atoms with Crippen LogP contribution in [0.15, 0.2) is 29.2 Å². The van der Waals surface area contributed by atoms with Crippen LogP contribution < -0.4 is 15.7 Å². The third kappa shape index (κ3) is 4.88. The molecule has 0 spiro atoms. The van der Waals surface area contributed by atoms with Crippen molar-refractivity contribution in [3.05, 3.63) is 62.8 Å². The van der Waals surface area contributed by atoms with Crippen LogP contribution in [-0.4, -0.2) is 37.5 Å². The van der Waals surface area contributed by atoms with Crippen molar-refractivity contribution >= 4 is 23.2 Å². The van der Waals surface area contributed by atoms with E-state index in [1.165, 1.54) is 10.8 Å². The minimum Gasteiger partial charge on any atom is -0.480 e. The van der Waals surface area contributed by atoms with Crippen molar-refractivity contribution in [1.82, 2.24) is 19.3 Å². The predicted octanol–water partition coefficient (Wildman–Crippen LogP) is 4.45. The minimum absolute atomic E-state index is 0.0586. The average Bonchev–Trinajstić information content (AvgIpc) is 3.13. The van der Waals surface area contributed by atoms with E-state index in [0.29, 0.717) is 30.4 Å². The van der Waals surface area contributed by atoms with Gasteiger partial charge in [0.1, 0.15) is 23.1 Å². The highest BCUT2D eigenvalue weighted by Crippen LogP contribution is 2.32. The summed E-state index contributed by atoms with van der Waals surface area (Å²) in [6.07, 6.45) is -3.65. The summed E-state index contributed by atoms with van der Waals surface area (Å²) in [5, 5.41) is 6.52. The molecule has 1 N–H and O–H groups in total. The highest BCUT2D eigenvalue weighted by molar-refractivity contribution is 6.33. The minimum atomic E-state index is -4.77. The first kappa shape index (κ1) is 24.7. The fourth-order valence-electron chi connectivity index (χ4n) is 3.65. The molecule has 1 aromatic carbocycles. The first-order valence-corrected chi connectivity index (χ1v) is 11.0. The zero-order valence-electron chi connectivity index (χ0n) is 18.6. The monoisotopic (exact) mass is 513 g/mol. The molecule has 186 valence electrons. The molecule has 0 unspecified atom stereocenters. The summed E-state index contributed by atoms with van der Waals surface area (Å²) < 4.78 is 62.1.